The minimum atomic E-state index is -4.58. The Labute approximate surface area is 98.3 Å². The zero-order valence-electron chi connectivity index (χ0n) is 8.40. The van der Waals surface area contributed by atoms with E-state index in [-0.39, 0.29) is 5.69 Å². The van der Waals surface area contributed by atoms with Crippen LogP contribution >= 0.6 is 11.6 Å². The van der Waals surface area contributed by atoms with Crippen LogP contribution in [0.3, 0.4) is 0 Å². The van der Waals surface area contributed by atoms with Crippen molar-refractivity contribution < 1.29 is 13.2 Å². The lowest BCUT2D eigenvalue weighted by Crippen LogP contribution is -2.09. The average Bonchev–Trinajstić information content (AvgIpc) is 2.62. The Morgan fingerprint density at radius 1 is 1.29 bits per heavy atom. The Morgan fingerprint density at radius 2 is 2.00 bits per heavy atom. The molecule has 5 nitrogen and oxygen atoms in total. The number of halogens is 4. The van der Waals surface area contributed by atoms with Gasteiger partial charge in [0.15, 0.2) is 0 Å². The Hall–Kier alpha value is -1.70. The van der Waals surface area contributed by atoms with E-state index in [4.69, 9.17) is 11.6 Å². The van der Waals surface area contributed by atoms with Crippen LogP contribution in [0.1, 0.15) is 5.69 Å². The smallest absolute Gasteiger partial charge is 0.246 e. The summed E-state index contributed by atoms with van der Waals surface area (Å²) in [7, 11) is 1.53. The SMILES string of the molecule is Cn1nncc1-c1cc(C(F)(F)F)nc(Cl)n1. The molecule has 17 heavy (non-hydrogen) atoms. The molecule has 0 atom stereocenters. The Balaban J connectivity index is 2.57. The zero-order valence-corrected chi connectivity index (χ0v) is 9.16. The molecule has 0 saturated carbocycles. The van der Waals surface area contributed by atoms with E-state index < -0.39 is 17.2 Å². The highest BCUT2D eigenvalue weighted by Gasteiger charge is 2.33. The summed E-state index contributed by atoms with van der Waals surface area (Å²) >= 11 is 5.45. The monoisotopic (exact) mass is 263 g/mol. The lowest BCUT2D eigenvalue weighted by atomic mass is 10.2. The van der Waals surface area contributed by atoms with Crippen LogP contribution in [0.5, 0.6) is 0 Å². The van der Waals surface area contributed by atoms with Gasteiger partial charge in [0.2, 0.25) is 5.28 Å². The minimum absolute atomic E-state index is 0.0184. The Kier molecular flexibility index (Phi) is 2.74. The van der Waals surface area contributed by atoms with Gasteiger partial charge in [-0.15, -0.1) is 5.10 Å². The van der Waals surface area contributed by atoms with Gasteiger partial charge in [-0.05, 0) is 17.7 Å². The first-order chi connectivity index (χ1) is 7.88. The van der Waals surface area contributed by atoms with Crippen molar-refractivity contribution in [3.05, 3.63) is 23.2 Å². The summed E-state index contributed by atoms with van der Waals surface area (Å²) in [4.78, 5) is 6.83. The second-order valence-corrected chi connectivity index (χ2v) is 3.49. The largest absolute Gasteiger partial charge is 0.433 e. The molecule has 2 aromatic heterocycles. The van der Waals surface area contributed by atoms with Crippen LogP contribution in [0.15, 0.2) is 12.3 Å². The van der Waals surface area contributed by atoms with Crippen molar-refractivity contribution in [3.63, 3.8) is 0 Å². The first kappa shape index (κ1) is 11.8. The predicted octanol–water partition coefficient (Wildman–Crippen LogP) is 1.94. The molecule has 2 rings (SSSR count). The van der Waals surface area contributed by atoms with Crippen LogP contribution in [0, 0.1) is 0 Å². The van der Waals surface area contributed by atoms with E-state index in [2.05, 4.69) is 20.3 Å². The first-order valence-electron chi connectivity index (χ1n) is 4.35. The van der Waals surface area contributed by atoms with E-state index in [1.165, 1.54) is 17.9 Å². The van der Waals surface area contributed by atoms with E-state index in [0.717, 1.165) is 6.07 Å². The average molecular weight is 264 g/mol. The van der Waals surface area contributed by atoms with Crippen LogP contribution in [-0.2, 0) is 13.2 Å². The topological polar surface area (TPSA) is 56.5 Å². The van der Waals surface area contributed by atoms with Gasteiger partial charge >= 0.3 is 6.18 Å². The van der Waals surface area contributed by atoms with Crippen LogP contribution < -0.4 is 0 Å². The third-order valence-electron chi connectivity index (χ3n) is 1.97. The maximum Gasteiger partial charge on any atom is 0.433 e. The van der Waals surface area contributed by atoms with Crippen molar-refractivity contribution in [2.45, 2.75) is 6.18 Å². The van der Waals surface area contributed by atoms with Crippen molar-refractivity contribution in [3.8, 4) is 11.4 Å². The molecule has 0 bridgehead atoms. The number of nitrogens with zero attached hydrogens (tertiary/aromatic N) is 5. The molecule has 90 valence electrons. The predicted molar refractivity (Wildman–Crippen MR) is 52.0 cm³/mol. The van der Waals surface area contributed by atoms with Crippen LogP contribution in [-0.4, -0.2) is 25.0 Å². The molecular formula is C8H5ClF3N5. The summed E-state index contributed by atoms with van der Waals surface area (Å²) in [5, 5.41) is 6.67. The third kappa shape index (κ3) is 2.36. The van der Waals surface area contributed by atoms with E-state index in [0.29, 0.717) is 5.69 Å². The fraction of sp³-hybridized carbons (Fsp3) is 0.250. The highest BCUT2D eigenvalue weighted by atomic mass is 35.5. The fourth-order valence-electron chi connectivity index (χ4n) is 1.22. The van der Waals surface area contributed by atoms with Crippen LogP contribution in [0.25, 0.3) is 11.4 Å². The molecule has 0 unspecified atom stereocenters. The molecule has 0 amide bonds. The van der Waals surface area contributed by atoms with Crippen LogP contribution in [0.2, 0.25) is 5.28 Å². The first-order valence-corrected chi connectivity index (χ1v) is 4.72. The zero-order chi connectivity index (χ0) is 12.6. The highest BCUT2D eigenvalue weighted by Crippen LogP contribution is 2.30. The fourth-order valence-corrected chi connectivity index (χ4v) is 1.40. The molecule has 0 aliphatic heterocycles. The summed E-state index contributed by atoms with van der Waals surface area (Å²) < 4.78 is 38.8. The Morgan fingerprint density at radius 3 is 2.53 bits per heavy atom. The lowest BCUT2D eigenvalue weighted by Gasteiger charge is -2.07. The maximum absolute atomic E-state index is 12.5. The second kappa shape index (κ2) is 3.95. The van der Waals surface area contributed by atoms with Crippen molar-refractivity contribution in [1.82, 2.24) is 25.0 Å². The van der Waals surface area contributed by atoms with Gasteiger partial charge in [-0.3, -0.25) is 0 Å². The molecule has 2 aromatic rings. The number of aromatic nitrogens is 5. The number of aryl methyl sites for hydroxylation is 1. The van der Waals surface area contributed by atoms with Gasteiger partial charge in [-0.1, -0.05) is 5.21 Å². The van der Waals surface area contributed by atoms with Crippen molar-refractivity contribution >= 4 is 11.6 Å². The number of alkyl halides is 3. The van der Waals surface area contributed by atoms with E-state index in [1.54, 1.807) is 0 Å². The maximum atomic E-state index is 12.5. The molecule has 9 heteroatoms. The summed E-state index contributed by atoms with van der Waals surface area (Å²) in [6.45, 7) is 0. The van der Waals surface area contributed by atoms with Gasteiger partial charge < -0.3 is 0 Å². The Bertz CT molecular complexity index is 550. The van der Waals surface area contributed by atoms with Gasteiger partial charge in [0, 0.05) is 7.05 Å². The molecule has 0 fully saturated rings. The number of hydrogen-bond donors (Lipinski definition) is 0. The van der Waals surface area contributed by atoms with Crippen molar-refractivity contribution in [2.75, 3.05) is 0 Å². The molecule has 0 N–H and O–H groups in total. The van der Waals surface area contributed by atoms with E-state index in [1.807, 2.05) is 0 Å². The van der Waals surface area contributed by atoms with Crippen molar-refractivity contribution in [2.24, 2.45) is 7.05 Å². The molecule has 0 aliphatic rings. The molecule has 0 aliphatic carbocycles. The number of rotatable bonds is 1. The quantitative estimate of drug-likeness (QED) is 0.738. The standard InChI is InChI=1S/C8H5ClF3N5/c1-17-5(3-13-16-17)4-2-6(8(10,11)12)15-7(9)14-4/h2-3H,1H3. The highest BCUT2D eigenvalue weighted by molar-refractivity contribution is 6.28. The number of hydrogen-bond acceptors (Lipinski definition) is 4. The van der Waals surface area contributed by atoms with Gasteiger partial charge in [-0.25, -0.2) is 14.6 Å². The van der Waals surface area contributed by atoms with Crippen molar-refractivity contribution in [1.29, 1.82) is 0 Å². The van der Waals surface area contributed by atoms with Gasteiger partial charge in [0.05, 0.1) is 11.9 Å². The van der Waals surface area contributed by atoms with Gasteiger partial charge in [0.1, 0.15) is 11.4 Å². The summed E-state index contributed by atoms with van der Waals surface area (Å²) in [6, 6.07) is 0.796. The summed E-state index contributed by atoms with van der Waals surface area (Å²) in [5.74, 6) is 0. The summed E-state index contributed by atoms with van der Waals surface area (Å²) in [5.41, 5.74) is -0.765. The molecular weight excluding hydrogens is 259 g/mol. The van der Waals surface area contributed by atoms with Gasteiger partial charge in [0.25, 0.3) is 0 Å². The van der Waals surface area contributed by atoms with E-state index in [9.17, 15) is 13.2 Å². The third-order valence-corrected chi connectivity index (χ3v) is 2.14. The lowest BCUT2D eigenvalue weighted by molar-refractivity contribution is -0.141. The normalized spacial score (nSPS) is 11.8. The molecule has 2 heterocycles. The molecule has 0 saturated heterocycles. The second-order valence-electron chi connectivity index (χ2n) is 3.15. The summed E-state index contributed by atoms with van der Waals surface area (Å²) in [6.07, 6.45) is -3.29. The molecule has 0 radical (unpaired) electrons. The minimum Gasteiger partial charge on any atom is -0.246 e. The molecule has 0 aromatic carbocycles. The molecule has 0 spiro atoms. The van der Waals surface area contributed by atoms with Crippen LogP contribution in [0.4, 0.5) is 13.2 Å². The van der Waals surface area contributed by atoms with Gasteiger partial charge in [-0.2, -0.15) is 13.2 Å². The van der Waals surface area contributed by atoms with E-state index >= 15 is 0 Å².